The molecule has 0 bridgehead atoms. The van der Waals surface area contributed by atoms with Gasteiger partial charge in [0, 0.05) is 6.20 Å². The summed E-state index contributed by atoms with van der Waals surface area (Å²) in [6.07, 6.45) is -2.95. The van der Waals surface area contributed by atoms with Crippen molar-refractivity contribution < 1.29 is 13.2 Å². The van der Waals surface area contributed by atoms with Gasteiger partial charge in [-0.25, -0.2) is 4.98 Å². The zero-order valence-electron chi connectivity index (χ0n) is 11.9. The molecule has 0 N–H and O–H groups in total. The molecule has 0 saturated heterocycles. The van der Waals surface area contributed by atoms with E-state index in [4.69, 9.17) is 0 Å². The van der Waals surface area contributed by atoms with E-state index in [1.54, 1.807) is 19.2 Å². The minimum atomic E-state index is -4.60. The van der Waals surface area contributed by atoms with Crippen LogP contribution in [-0.2, 0) is 6.18 Å². The number of thiazole rings is 1. The summed E-state index contributed by atoms with van der Waals surface area (Å²) >= 11 is 2.37. The standard InChI is InChI=1S/C13H7F3N6S2/c1-6-8(23-9(18-6)7-4-2-3-5-17-7)10-21-22-11(13(14,15)16)19-20-12(22)24-10/h2-5H,1H3. The maximum absolute atomic E-state index is 12.9. The van der Waals surface area contributed by atoms with E-state index in [0.29, 0.717) is 26.3 Å². The van der Waals surface area contributed by atoms with E-state index in [1.807, 2.05) is 12.1 Å². The lowest BCUT2D eigenvalue weighted by Gasteiger charge is -1.99. The Morgan fingerprint density at radius 1 is 1.08 bits per heavy atom. The van der Waals surface area contributed by atoms with E-state index in [-0.39, 0.29) is 4.96 Å². The highest BCUT2D eigenvalue weighted by molar-refractivity contribution is 7.25. The molecule has 4 rings (SSSR count). The number of aryl methyl sites for hydroxylation is 1. The van der Waals surface area contributed by atoms with E-state index in [9.17, 15) is 13.2 Å². The second-order valence-corrected chi connectivity index (χ2v) is 6.73. The Kier molecular flexibility index (Phi) is 3.35. The average Bonchev–Trinajstić information content (AvgIpc) is 3.19. The third-order valence-corrected chi connectivity index (χ3v) is 5.35. The van der Waals surface area contributed by atoms with Crippen molar-refractivity contribution in [1.29, 1.82) is 0 Å². The van der Waals surface area contributed by atoms with Crippen LogP contribution in [0.1, 0.15) is 11.5 Å². The molecule has 11 heteroatoms. The summed E-state index contributed by atoms with van der Waals surface area (Å²) in [5.41, 5.74) is 1.38. The number of halogens is 3. The molecule has 4 heterocycles. The minimum absolute atomic E-state index is 0.0875. The monoisotopic (exact) mass is 368 g/mol. The van der Waals surface area contributed by atoms with Gasteiger partial charge in [0.15, 0.2) is 5.01 Å². The van der Waals surface area contributed by atoms with Crippen molar-refractivity contribution >= 4 is 27.6 Å². The first-order valence-corrected chi connectivity index (χ1v) is 8.25. The first kappa shape index (κ1) is 15.1. The van der Waals surface area contributed by atoms with Gasteiger partial charge in [-0.3, -0.25) is 4.98 Å². The molecular weight excluding hydrogens is 361 g/mol. The highest BCUT2D eigenvalue weighted by atomic mass is 32.1. The summed E-state index contributed by atoms with van der Waals surface area (Å²) in [4.78, 5) is 9.45. The van der Waals surface area contributed by atoms with Crippen LogP contribution in [-0.4, -0.2) is 29.8 Å². The summed E-state index contributed by atoms with van der Waals surface area (Å²) in [5.74, 6) is -1.13. The molecule has 0 spiro atoms. The van der Waals surface area contributed by atoms with E-state index >= 15 is 0 Å². The molecule has 0 amide bonds. The van der Waals surface area contributed by atoms with Gasteiger partial charge in [-0.15, -0.1) is 21.5 Å². The lowest BCUT2D eigenvalue weighted by atomic mass is 10.3. The van der Waals surface area contributed by atoms with Crippen molar-refractivity contribution in [3.63, 3.8) is 0 Å². The van der Waals surface area contributed by atoms with E-state index in [2.05, 4.69) is 25.3 Å². The van der Waals surface area contributed by atoms with Crippen LogP contribution in [0.15, 0.2) is 24.4 Å². The van der Waals surface area contributed by atoms with Gasteiger partial charge in [0.25, 0.3) is 5.82 Å². The molecular formula is C13H7F3N6S2. The maximum atomic E-state index is 12.9. The molecule has 0 saturated carbocycles. The van der Waals surface area contributed by atoms with E-state index < -0.39 is 12.0 Å². The molecule has 6 nitrogen and oxygen atoms in total. The first-order chi connectivity index (χ1) is 11.4. The molecule has 0 radical (unpaired) electrons. The van der Waals surface area contributed by atoms with Crippen molar-refractivity contribution in [3.05, 3.63) is 35.9 Å². The molecule has 0 aromatic carbocycles. The lowest BCUT2D eigenvalue weighted by Crippen LogP contribution is -2.11. The van der Waals surface area contributed by atoms with Crippen molar-refractivity contribution in [2.24, 2.45) is 0 Å². The van der Waals surface area contributed by atoms with Crippen LogP contribution in [0, 0.1) is 6.92 Å². The van der Waals surface area contributed by atoms with Crippen LogP contribution in [0.25, 0.3) is 25.5 Å². The zero-order chi connectivity index (χ0) is 16.9. The van der Waals surface area contributed by atoms with Gasteiger partial charge in [0.05, 0.1) is 16.3 Å². The molecule has 4 aromatic heterocycles. The second-order valence-electron chi connectivity index (χ2n) is 4.77. The van der Waals surface area contributed by atoms with Crippen molar-refractivity contribution in [2.75, 3.05) is 0 Å². The summed E-state index contributed by atoms with van der Waals surface area (Å²) in [5, 5.41) is 11.8. The highest BCUT2D eigenvalue weighted by Crippen LogP contribution is 2.37. The predicted octanol–water partition coefficient (Wildman–Crippen LogP) is 3.70. The maximum Gasteiger partial charge on any atom is 0.453 e. The van der Waals surface area contributed by atoms with Crippen LogP contribution in [0.4, 0.5) is 13.2 Å². The molecule has 0 aliphatic heterocycles. The quantitative estimate of drug-likeness (QED) is 0.540. The molecule has 24 heavy (non-hydrogen) atoms. The lowest BCUT2D eigenvalue weighted by molar-refractivity contribution is -0.146. The minimum Gasteiger partial charge on any atom is -0.254 e. The van der Waals surface area contributed by atoms with Crippen LogP contribution in [0.5, 0.6) is 0 Å². The molecule has 0 aliphatic carbocycles. The fourth-order valence-corrected chi connectivity index (χ4v) is 4.08. The Bertz CT molecular complexity index is 1020. The third kappa shape index (κ3) is 2.45. The number of fused-ring (bicyclic) bond motifs is 1. The van der Waals surface area contributed by atoms with Crippen molar-refractivity contribution in [1.82, 2.24) is 29.8 Å². The Morgan fingerprint density at radius 3 is 2.62 bits per heavy atom. The normalized spacial score (nSPS) is 12.2. The van der Waals surface area contributed by atoms with Gasteiger partial charge in [0.2, 0.25) is 4.96 Å². The average molecular weight is 368 g/mol. The first-order valence-electron chi connectivity index (χ1n) is 6.62. The molecule has 0 atom stereocenters. The molecule has 4 aromatic rings. The smallest absolute Gasteiger partial charge is 0.254 e. The van der Waals surface area contributed by atoms with Crippen LogP contribution in [0.3, 0.4) is 0 Å². The fraction of sp³-hybridized carbons (Fsp3) is 0.154. The molecule has 0 fully saturated rings. The van der Waals surface area contributed by atoms with Gasteiger partial charge >= 0.3 is 6.18 Å². The number of aromatic nitrogens is 6. The summed E-state index contributed by atoms with van der Waals surface area (Å²) in [6.45, 7) is 1.78. The fourth-order valence-electron chi connectivity index (χ4n) is 2.08. The summed E-state index contributed by atoms with van der Waals surface area (Å²) in [6, 6.07) is 5.46. The largest absolute Gasteiger partial charge is 0.453 e. The Hall–Kier alpha value is -2.40. The van der Waals surface area contributed by atoms with Crippen molar-refractivity contribution in [2.45, 2.75) is 13.1 Å². The number of nitrogens with zero attached hydrogens (tertiary/aromatic N) is 6. The SMILES string of the molecule is Cc1nc(-c2ccccn2)sc1-c1nn2c(C(F)(F)F)nnc2s1. The molecule has 0 unspecified atom stereocenters. The van der Waals surface area contributed by atoms with Crippen molar-refractivity contribution in [3.8, 4) is 20.6 Å². The number of hydrogen-bond donors (Lipinski definition) is 0. The Morgan fingerprint density at radius 2 is 1.92 bits per heavy atom. The van der Waals surface area contributed by atoms with Crippen LogP contribution in [0.2, 0.25) is 0 Å². The predicted molar refractivity (Wildman–Crippen MR) is 82.7 cm³/mol. The summed E-state index contributed by atoms with van der Waals surface area (Å²) in [7, 11) is 0. The topological polar surface area (TPSA) is 68.9 Å². The summed E-state index contributed by atoms with van der Waals surface area (Å²) < 4.78 is 39.4. The molecule has 122 valence electrons. The van der Waals surface area contributed by atoms with Gasteiger partial charge in [-0.1, -0.05) is 17.4 Å². The highest BCUT2D eigenvalue weighted by Gasteiger charge is 2.38. The molecule has 0 aliphatic rings. The Labute approximate surface area is 140 Å². The number of rotatable bonds is 2. The number of hydrogen-bond acceptors (Lipinski definition) is 7. The van der Waals surface area contributed by atoms with Gasteiger partial charge < -0.3 is 0 Å². The second kappa shape index (κ2) is 5.31. The van der Waals surface area contributed by atoms with E-state index in [0.717, 1.165) is 15.9 Å². The van der Waals surface area contributed by atoms with Crippen LogP contribution < -0.4 is 0 Å². The van der Waals surface area contributed by atoms with Gasteiger partial charge in [0.1, 0.15) is 5.01 Å². The third-order valence-electron chi connectivity index (χ3n) is 3.12. The number of pyridine rings is 1. The number of alkyl halides is 3. The van der Waals surface area contributed by atoms with Crippen LogP contribution >= 0.6 is 22.7 Å². The van der Waals surface area contributed by atoms with Gasteiger partial charge in [-0.05, 0) is 19.1 Å². The van der Waals surface area contributed by atoms with E-state index in [1.165, 1.54) is 11.3 Å². The zero-order valence-corrected chi connectivity index (χ0v) is 13.6. The van der Waals surface area contributed by atoms with Gasteiger partial charge in [-0.2, -0.15) is 22.8 Å². The Balaban J connectivity index is 1.81.